The van der Waals surface area contributed by atoms with E-state index in [0.717, 1.165) is 28.1 Å². The van der Waals surface area contributed by atoms with Crippen molar-refractivity contribution in [2.75, 3.05) is 19.8 Å². The van der Waals surface area contributed by atoms with E-state index < -0.39 is 6.09 Å². The van der Waals surface area contributed by atoms with Crippen molar-refractivity contribution < 1.29 is 14.6 Å². The van der Waals surface area contributed by atoms with Crippen LogP contribution in [0.2, 0.25) is 0 Å². The highest BCUT2D eigenvalue weighted by molar-refractivity contribution is 7.13. The van der Waals surface area contributed by atoms with E-state index >= 15 is 0 Å². The number of benzene rings is 1. The minimum atomic E-state index is -0.926. The molecular weight excluding hydrogens is 400 g/mol. The molecule has 4 heterocycles. The van der Waals surface area contributed by atoms with Gasteiger partial charge in [-0.05, 0) is 47.0 Å². The van der Waals surface area contributed by atoms with Gasteiger partial charge < -0.3 is 19.3 Å². The lowest BCUT2D eigenvalue weighted by atomic mass is 9.94. The molecule has 1 unspecified atom stereocenters. The van der Waals surface area contributed by atoms with Crippen LogP contribution in [0.25, 0.3) is 21.7 Å². The van der Waals surface area contributed by atoms with E-state index in [-0.39, 0.29) is 11.6 Å². The lowest BCUT2D eigenvalue weighted by Crippen LogP contribution is -2.49. The van der Waals surface area contributed by atoms with Crippen molar-refractivity contribution in [2.24, 2.45) is 0 Å². The molecule has 1 atom stereocenters. The quantitative estimate of drug-likeness (QED) is 0.698. The third-order valence-electron chi connectivity index (χ3n) is 5.95. The third-order valence-corrected chi connectivity index (χ3v) is 6.91. The standard InChI is InChI=1S/C23H22N2O4S/c26-22-19(15-4-2-1-3-5-15)13-17(12-18-14-29-10-9-24(18)23(27)28)20-21-16(7-11-30-21)6-8-25(20)22/h1-5,7,11,13,18H,6,8-10,12,14H2,(H,27,28). The van der Waals surface area contributed by atoms with Crippen LogP contribution in [-0.4, -0.2) is 46.5 Å². The minimum absolute atomic E-state index is 0.00832. The minimum Gasteiger partial charge on any atom is -0.465 e. The SMILES string of the molecule is O=C(O)N1CCOCC1Cc1cc(-c2ccccc2)c(=O)n2c1-c1sccc1CC2. The first-order valence-corrected chi connectivity index (χ1v) is 11.0. The van der Waals surface area contributed by atoms with Gasteiger partial charge in [0.1, 0.15) is 0 Å². The van der Waals surface area contributed by atoms with Gasteiger partial charge >= 0.3 is 6.09 Å². The predicted octanol–water partition coefficient (Wildman–Crippen LogP) is 3.72. The molecule has 1 saturated heterocycles. The molecule has 1 amide bonds. The zero-order chi connectivity index (χ0) is 20.7. The second-order valence-corrected chi connectivity index (χ2v) is 8.60. The largest absolute Gasteiger partial charge is 0.465 e. The molecule has 30 heavy (non-hydrogen) atoms. The molecule has 0 bridgehead atoms. The van der Waals surface area contributed by atoms with Gasteiger partial charge in [-0.2, -0.15) is 0 Å². The molecule has 6 nitrogen and oxygen atoms in total. The van der Waals surface area contributed by atoms with Crippen LogP contribution in [-0.2, 0) is 24.1 Å². The van der Waals surface area contributed by atoms with E-state index in [9.17, 15) is 14.7 Å². The molecule has 3 aromatic rings. The van der Waals surface area contributed by atoms with Gasteiger partial charge in [0.2, 0.25) is 0 Å². The van der Waals surface area contributed by atoms with Crippen LogP contribution in [0.3, 0.4) is 0 Å². The molecule has 2 aliphatic heterocycles. The first-order chi connectivity index (χ1) is 14.6. The topological polar surface area (TPSA) is 71.8 Å². The van der Waals surface area contributed by atoms with E-state index in [4.69, 9.17) is 4.74 Å². The summed E-state index contributed by atoms with van der Waals surface area (Å²) in [4.78, 5) is 27.7. The summed E-state index contributed by atoms with van der Waals surface area (Å²) < 4.78 is 7.48. The van der Waals surface area contributed by atoms with Crippen molar-refractivity contribution in [3.63, 3.8) is 0 Å². The van der Waals surface area contributed by atoms with Crippen molar-refractivity contribution in [2.45, 2.75) is 25.4 Å². The summed E-state index contributed by atoms with van der Waals surface area (Å²) >= 11 is 1.64. The maximum absolute atomic E-state index is 13.4. The number of aromatic nitrogens is 1. The summed E-state index contributed by atoms with van der Waals surface area (Å²) in [6.45, 7) is 1.78. The van der Waals surface area contributed by atoms with Crippen LogP contribution < -0.4 is 5.56 Å². The molecule has 7 heteroatoms. The molecule has 0 saturated carbocycles. The second-order valence-electron chi connectivity index (χ2n) is 7.69. The maximum Gasteiger partial charge on any atom is 0.407 e. The zero-order valence-corrected chi connectivity index (χ0v) is 17.2. The Morgan fingerprint density at radius 1 is 1.20 bits per heavy atom. The van der Waals surface area contributed by atoms with Crippen LogP contribution in [0.1, 0.15) is 11.1 Å². The summed E-state index contributed by atoms with van der Waals surface area (Å²) in [6.07, 6.45) is 0.418. The molecular formula is C23H22N2O4S. The fourth-order valence-electron chi connectivity index (χ4n) is 4.49. The highest BCUT2D eigenvalue weighted by Crippen LogP contribution is 2.37. The van der Waals surface area contributed by atoms with Gasteiger partial charge in [0.15, 0.2) is 0 Å². The number of aryl methyl sites for hydroxylation is 1. The van der Waals surface area contributed by atoms with Gasteiger partial charge in [-0.1, -0.05) is 30.3 Å². The number of rotatable bonds is 3. The Balaban J connectivity index is 1.67. The van der Waals surface area contributed by atoms with E-state index in [0.29, 0.717) is 38.3 Å². The van der Waals surface area contributed by atoms with Crippen LogP contribution in [0.5, 0.6) is 0 Å². The summed E-state index contributed by atoms with van der Waals surface area (Å²) in [5, 5.41) is 11.7. The fraction of sp³-hybridized carbons (Fsp3) is 0.304. The van der Waals surface area contributed by atoms with Crippen molar-refractivity contribution in [3.05, 3.63) is 69.3 Å². The lowest BCUT2D eigenvalue weighted by molar-refractivity contribution is 0.000284. The Kier molecular flexibility index (Phi) is 4.92. The monoisotopic (exact) mass is 422 g/mol. The number of hydrogen-bond acceptors (Lipinski definition) is 4. The summed E-state index contributed by atoms with van der Waals surface area (Å²) in [5.41, 5.74) is 4.74. The Labute approximate surface area is 178 Å². The number of thiophene rings is 1. The Morgan fingerprint density at radius 2 is 2.03 bits per heavy atom. The van der Waals surface area contributed by atoms with E-state index in [1.807, 2.05) is 41.0 Å². The van der Waals surface area contributed by atoms with E-state index in [1.54, 1.807) is 11.3 Å². The zero-order valence-electron chi connectivity index (χ0n) is 16.4. The van der Waals surface area contributed by atoms with Gasteiger partial charge in [-0.15, -0.1) is 11.3 Å². The van der Waals surface area contributed by atoms with Crippen LogP contribution >= 0.6 is 11.3 Å². The Morgan fingerprint density at radius 3 is 2.83 bits per heavy atom. The number of amides is 1. The smallest absolute Gasteiger partial charge is 0.407 e. The highest BCUT2D eigenvalue weighted by Gasteiger charge is 2.30. The number of hydrogen-bond donors (Lipinski definition) is 1. The third kappa shape index (κ3) is 3.24. The highest BCUT2D eigenvalue weighted by atomic mass is 32.1. The normalized spacial score (nSPS) is 18.0. The lowest BCUT2D eigenvalue weighted by Gasteiger charge is -2.34. The Hall–Kier alpha value is -2.90. The van der Waals surface area contributed by atoms with Crippen molar-refractivity contribution in [3.8, 4) is 21.7 Å². The molecule has 0 radical (unpaired) electrons. The number of carbonyl (C=O) groups is 1. The second kappa shape index (κ2) is 7.74. The molecule has 2 aromatic heterocycles. The van der Waals surface area contributed by atoms with Crippen molar-refractivity contribution in [1.82, 2.24) is 9.47 Å². The predicted molar refractivity (Wildman–Crippen MR) is 116 cm³/mol. The summed E-state index contributed by atoms with van der Waals surface area (Å²) in [5.74, 6) is 0. The molecule has 0 aliphatic carbocycles. The molecule has 2 aliphatic rings. The van der Waals surface area contributed by atoms with Gasteiger partial charge in [0.25, 0.3) is 5.56 Å². The van der Waals surface area contributed by atoms with Crippen molar-refractivity contribution in [1.29, 1.82) is 0 Å². The van der Waals surface area contributed by atoms with Crippen LogP contribution in [0, 0.1) is 0 Å². The number of nitrogens with zero attached hydrogens (tertiary/aromatic N) is 2. The molecule has 0 spiro atoms. The van der Waals surface area contributed by atoms with Gasteiger partial charge in [0, 0.05) is 18.7 Å². The van der Waals surface area contributed by atoms with Gasteiger partial charge in [0.05, 0.1) is 29.8 Å². The number of ether oxygens (including phenoxy) is 1. The fourth-order valence-corrected chi connectivity index (χ4v) is 5.53. The molecule has 1 N–H and O–H groups in total. The Bertz CT molecular complexity index is 1150. The van der Waals surface area contributed by atoms with E-state index in [2.05, 4.69) is 11.4 Å². The van der Waals surface area contributed by atoms with Gasteiger partial charge in [-0.25, -0.2) is 4.79 Å². The number of pyridine rings is 1. The maximum atomic E-state index is 13.4. The van der Waals surface area contributed by atoms with Gasteiger partial charge in [-0.3, -0.25) is 4.79 Å². The summed E-state index contributed by atoms with van der Waals surface area (Å²) in [6, 6.07) is 13.5. The first kappa shape index (κ1) is 19.1. The van der Waals surface area contributed by atoms with Crippen LogP contribution in [0.15, 0.2) is 52.6 Å². The number of fused-ring (bicyclic) bond motifs is 3. The van der Waals surface area contributed by atoms with E-state index in [1.165, 1.54) is 10.5 Å². The molecule has 154 valence electrons. The number of carboxylic acid groups (broad SMARTS) is 1. The first-order valence-electron chi connectivity index (χ1n) is 10.1. The van der Waals surface area contributed by atoms with Crippen LogP contribution in [0.4, 0.5) is 4.79 Å². The summed E-state index contributed by atoms with van der Waals surface area (Å²) in [7, 11) is 0. The molecule has 1 fully saturated rings. The molecule has 5 rings (SSSR count). The average Bonchev–Trinajstić information content (AvgIpc) is 3.25. The molecule has 1 aromatic carbocycles. The average molecular weight is 423 g/mol. The number of morpholine rings is 1. The van der Waals surface area contributed by atoms with Crippen molar-refractivity contribution >= 4 is 17.4 Å².